The van der Waals surface area contributed by atoms with E-state index in [-0.39, 0.29) is 17.6 Å². The topological polar surface area (TPSA) is 83.4 Å². The molecule has 0 aromatic carbocycles. The summed E-state index contributed by atoms with van der Waals surface area (Å²) in [5, 5.41) is 10.8. The summed E-state index contributed by atoms with van der Waals surface area (Å²) in [6.07, 6.45) is 2.28. The average Bonchev–Trinajstić information content (AvgIpc) is 3.14. The second-order valence-corrected chi connectivity index (χ2v) is 5.22. The van der Waals surface area contributed by atoms with Crippen molar-refractivity contribution in [2.45, 2.75) is 6.42 Å². The predicted molar refractivity (Wildman–Crippen MR) is 81.9 cm³/mol. The molecule has 2 aromatic rings. The Balaban J connectivity index is 1.95. The third-order valence-corrected chi connectivity index (χ3v) is 3.60. The lowest BCUT2D eigenvalue weighted by Gasteiger charge is -2.06. The molecule has 0 atom stereocenters. The Morgan fingerprint density at radius 3 is 2.81 bits per heavy atom. The number of carbonyl (C=O) groups excluding carboxylic acids is 2. The summed E-state index contributed by atoms with van der Waals surface area (Å²) < 4.78 is 5.02. The van der Waals surface area contributed by atoms with Crippen LogP contribution >= 0.6 is 11.3 Å². The highest BCUT2D eigenvalue weighted by molar-refractivity contribution is 7.14. The summed E-state index contributed by atoms with van der Waals surface area (Å²) in [7, 11) is 1.86. The van der Waals surface area contributed by atoms with Crippen molar-refractivity contribution < 1.29 is 14.0 Å². The molecular weight excluding hydrogens is 290 g/mol. The zero-order chi connectivity index (χ0) is 15.1. The van der Waals surface area contributed by atoms with Gasteiger partial charge in [-0.25, -0.2) is 0 Å². The first-order chi connectivity index (χ1) is 10.2. The molecule has 0 radical (unpaired) electrons. The van der Waals surface area contributed by atoms with Crippen LogP contribution in [0.2, 0.25) is 0 Å². The van der Waals surface area contributed by atoms with Crippen molar-refractivity contribution in [3.05, 3.63) is 41.2 Å². The van der Waals surface area contributed by atoms with Crippen molar-refractivity contribution in [2.24, 2.45) is 0 Å². The van der Waals surface area contributed by atoms with Crippen LogP contribution in [-0.2, 0) is 0 Å². The van der Waals surface area contributed by atoms with Gasteiger partial charge >= 0.3 is 0 Å². The van der Waals surface area contributed by atoms with E-state index in [1.54, 1.807) is 23.6 Å². The van der Waals surface area contributed by atoms with Crippen LogP contribution in [-0.4, -0.2) is 32.0 Å². The second-order valence-electron chi connectivity index (χ2n) is 4.31. The van der Waals surface area contributed by atoms with Crippen LogP contribution in [0, 0.1) is 0 Å². The van der Waals surface area contributed by atoms with E-state index >= 15 is 0 Å². The molecule has 0 spiro atoms. The maximum Gasteiger partial charge on any atom is 0.291 e. The molecule has 112 valence electrons. The zero-order valence-corrected chi connectivity index (χ0v) is 12.5. The standard InChI is InChI=1S/C14H17N3O3S/c1-15-6-3-7-16-12(18)10-5-9-21-14(10)17-13(19)11-4-2-8-20-11/h2,4-5,8-9,15H,3,6-7H2,1H3,(H,16,18)(H,17,19). The van der Waals surface area contributed by atoms with E-state index < -0.39 is 0 Å². The number of amides is 2. The molecule has 0 fully saturated rings. The van der Waals surface area contributed by atoms with Crippen LogP contribution in [0.3, 0.4) is 0 Å². The van der Waals surface area contributed by atoms with E-state index in [1.807, 2.05) is 7.05 Å². The molecule has 3 N–H and O–H groups in total. The SMILES string of the molecule is CNCCCNC(=O)c1ccsc1NC(=O)c1ccco1. The van der Waals surface area contributed by atoms with E-state index in [0.29, 0.717) is 17.1 Å². The Kier molecular flexibility index (Phi) is 5.53. The first-order valence-corrected chi connectivity index (χ1v) is 7.45. The van der Waals surface area contributed by atoms with Gasteiger partial charge in [-0.05, 0) is 43.6 Å². The Morgan fingerprint density at radius 1 is 1.24 bits per heavy atom. The molecule has 2 aromatic heterocycles. The summed E-state index contributed by atoms with van der Waals surface area (Å²) in [5.74, 6) is -0.349. The minimum absolute atomic E-state index is 0.193. The van der Waals surface area contributed by atoms with Crippen molar-refractivity contribution in [3.8, 4) is 0 Å². The monoisotopic (exact) mass is 307 g/mol. The Labute approximate surface area is 126 Å². The van der Waals surface area contributed by atoms with Crippen LogP contribution in [0.25, 0.3) is 0 Å². The van der Waals surface area contributed by atoms with Gasteiger partial charge in [0.2, 0.25) is 0 Å². The van der Waals surface area contributed by atoms with Crippen molar-refractivity contribution >= 4 is 28.2 Å². The Bertz CT molecular complexity index is 592. The lowest BCUT2D eigenvalue weighted by atomic mass is 10.3. The van der Waals surface area contributed by atoms with Gasteiger partial charge in [0.1, 0.15) is 5.00 Å². The number of furan rings is 1. The third-order valence-electron chi connectivity index (χ3n) is 2.77. The zero-order valence-electron chi connectivity index (χ0n) is 11.6. The number of nitrogens with one attached hydrogen (secondary N) is 3. The fraction of sp³-hybridized carbons (Fsp3) is 0.286. The number of hydrogen-bond donors (Lipinski definition) is 3. The number of thiophene rings is 1. The highest BCUT2D eigenvalue weighted by atomic mass is 32.1. The molecule has 0 saturated carbocycles. The quantitative estimate of drug-likeness (QED) is 0.683. The minimum atomic E-state index is -0.369. The number of anilines is 1. The van der Waals surface area contributed by atoms with Crippen LogP contribution in [0.15, 0.2) is 34.3 Å². The summed E-state index contributed by atoms with van der Waals surface area (Å²) in [6, 6.07) is 4.90. The summed E-state index contributed by atoms with van der Waals surface area (Å²) in [4.78, 5) is 24.0. The fourth-order valence-electron chi connectivity index (χ4n) is 1.72. The smallest absolute Gasteiger partial charge is 0.291 e. The van der Waals surface area contributed by atoms with Gasteiger partial charge in [0.05, 0.1) is 11.8 Å². The molecule has 0 aliphatic heterocycles. The molecule has 21 heavy (non-hydrogen) atoms. The number of rotatable bonds is 7. The Morgan fingerprint density at radius 2 is 2.10 bits per heavy atom. The maximum absolute atomic E-state index is 12.1. The maximum atomic E-state index is 12.1. The van der Waals surface area contributed by atoms with Crippen LogP contribution in [0.5, 0.6) is 0 Å². The van der Waals surface area contributed by atoms with Crippen molar-refractivity contribution in [2.75, 3.05) is 25.5 Å². The average molecular weight is 307 g/mol. The molecule has 2 heterocycles. The highest BCUT2D eigenvalue weighted by Crippen LogP contribution is 2.23. The molecule has 0 aliphatic carbocycles. The fourth-order valence-corrected chi connectivity index (χ4v) is 2.50. The van der Waals surface area contributed by atoms with Crippen molar-refractivity contribution in [1.82, 2.24) is 10.6 Å². The van der Waals surface area contributed by atoms with Gasteiger partial charge < -0.3 is 20.4 Å². The normalized spacial score (nSPS) is 10.3. The van der Waals surface area contributed by atoms with Crippen LogP contribution in [0.4, 0.5) is 5.00 Å². The molecule has 0 bridgehead atoms. The molecule has 2 rings (SSSR count). The van der Waals surface area contributed by atoms with Gasteiger partial charge in [-0.3, -0.25) is 9.59 Å². The predicted octanol–water partition coefficient (Wildman–Crippen LogP) is 1.93. The first-order valence-electron chi connectivity index (χ1n) is 6.57. The number of hydrogen-bond acceptors (Lipinski definition) is 5. The van der Waals surface area contributed by atoms with Crippen LogP contribution < -0.4 is 16.0 Å². The molecule has 0 aliphatic rings. The molecular formula is C14H17N3O3S. The summed E-state index contributed by atoms with van der Waals surface area (Å²) >= 11 is 1.30. The van der Waals surface area contributed by atoms with Gasteiger partial charge in [-0.1, -0.05) is 0 Å². The van der Waals surface area contributed by atoms with E-state index in [9.17, 15) is 9.59 Å². The largest absolute Gasteiger partial charge is 0.459 e. The minimum Gasteiger partial charge on any atom is -0.459 e. The number of carbonyl (C=O) groups is 2. The van der Waals surface area contributed by atoms with E-state index in [0.717, 1.165) is 13.0 Å². The highest BCUT2D eigenvalue weighted by Gasteiger charge is 2.16. The molecule has 0 unspecified atom stereocenters. The lowest BCUT2D eigenvalue weighted by Crippen LogP contribution is -2.27. The second kappa shape index (κ2) is 7.61. The van der Waals surface area contributed by atoms with Gasteiger partial charge in [0.25, 0.3) is 11.8 Å². The van der Waals surface area contributed by atoms with Gasteiger partial charge in [-0.2, -0.15) is 0 Å². The first kappa shape index (κ1) is 15.3. The van der Waals surface area contributed by atoms with E-state index in [1.165, 1.54) is 17.6 Å². The lowest BCUT2D eigenvalue weighted by molar-refractivity contribution is 0.0954. The van der Waals surface area contributed by atoms with Gasteiger partial charge in [-0.15, -0.1) is 11.3 Å². The molecule has 2 amide bonds. The molecule has 6 nitrogen and oxygen atoms in total. The summed E-state index contributed by atoms with van der Waals surface area (Å²) in [5.41, 5.74) is 0.462. The van der Waals surface area contributed by atoms with Gasteiger partial charge in [0, 0.05) is 6.54 Å². The molecule has 7 heteroatoms. The van der Waals surface area contributed by atoms with E-state index in [2.05, 4.69) is 16.0 Å². The Hall–Kier alpha value is -2.12. The summed E-state index contributed by atoms with van der Waals surface area (Å²) in [6.45, 7) is 1.42. The molecule has 0 saturated heterocycles. The van der Waals surface area contributed by atoms with Crippen LogP contribution in [0.1, 0.15) is 27.3 Å². The van der Waals surface area contributed by atoms with E-state index in [4.69, 9.17) is 4.42 Å². The van der Waals surface area contributed by atoms with Crippen molar-refractivity contribution in [3.63, 3.8) is 0 Å². The van der Waals surface area contributed by atoms with Crippen molar-refractivity contribution in [1.29, 1.82) is 0 Å². The third kappa shape index (κ3) is 4.17. The van der Waals surface area contributed by atoms with Gasteiger partial charge in [0.15, 0.2) is 5.76 Å².